The second-order valence-electron chi connectivity index (χ2n) is 5.44. The van der Waals surface area contributed by atoms with Crippen molar-refractivity contribution >= 4 is 11.8 Å². The summed E-state index contributed by atoms with van der Waals surface area (Å²) < 4.78 is 10.5. The minimum atomic E-state index is -0.272. The molecule has 6 nitrogen and oxygen atoms in total. The van der Waals surface area contributed by atoms with Crippen molar-refractivity contribution in [1.82, 2.24) is 10.9 Å². The fourth-order valence-electron chi connectivity index (χ4n) is 2.35. The largest absolute Gasteiger partial charge is 0.497 e. The van der Waals surface area contributed by atoms with Crippen LogP contribution in [0.3, 0.4) is 0 Å². The summed E-state index contributed by atoms with van der Waals surface area (Å²) in [6.07, 6.45) is 0.904. The lowest BCUT2D eigenvalue weighted by atomic mass is 10.1. The molecule has 2 aromatic carbocycles. The first-order valence-electron chi connectivity index (χ1n) is 7.95. The van der Waals surface area contributed by atoms with E-state index in [0.717, 1.165) is 11.1 Å². The summed E-state index contributed by atoms with van der Waals surface area (Å²) in [6.45, 7) is 0. The van der Waals surface area contributed by atoms with E-state index in [4.69, 9.17) is 9.47 Å². The minimum absolute atomic E-state index is 0.213. The molecule has 0 aliphatic carbocycles. The first kappa shape index (κ1) is 18.3. The van der Waals surface area contributed by atoms with Crippen molar-refractivity contribution in [2.75, 3.05) is 14.2 Å². The first-order chi connectivity index (χ1) is 12.1. The zero-order valence-electron chi connectivity index (χ0n) is 14.4. The van der Waals surface area contributed by atoms with Gasteiger partial charge in [-0.3, -0.25) is 20.4 Å². The summed E-state index contributed by atoms with van der Waals surface area (Å²) in [4.78, 5) is 23.7. The molecule has 2 N–H and O–H groups in total. The Kier molecular flexibility index (Phi) is 6.83. The molecule has 6 heteroatoms. The van der Waals surface area contributed by atoms with E-state index in [2.05, 4.69) is 10.9 Å². The number of aryl methyl sites for hydroxylation is 1. The normalized spacial score (nSPS) is 10.0. The van der Waals surface area contributed by atoms with Crippen LogP contribution in [-0.2, 0) is 22.4 Å². The highest BCUT2D eigenvalue weighted by molar-refractivity contribution is 5.83. The highest BCUT2D eigenvalue weighted by Crippen LogP contribution is 2.24. The number of carbonyl (C=O) groups excluding carboxylic acids is 2. The van der Waals surface area contributed by atoms with Crippen LogP contribution in [0.4, 0.5) is 0 Å². The molecule has 0 spiro atoms. The summed E-state index contributed by atoms with van der Waals surface area (Å²) in [5.41, 5.74) is 6.61. The van der Waals surface area contributed by atoms with Gasteiger partial charge in [0.05, 0.1) is 20.6 Å². The van der Waals surface area contributed by atoms with E-state index in [-0.39, 0.29) is 24.7 Å². The predicted octanol–water partition coefficient (Wildman–Crippen LogP) is 2.03. The molecule has 0 heterocycles. The standard InChI is InChI=1S/C19H22N2O4/c1-24-16-9-10-17(25-2)15(13-16)8-11-18(22)20-21-19(23)12-14-6-4-3-5-7-14/h3-7,9-10,13H,8,11-12H2,1-2H3,(H,20,22)(H,21,23). The molecule has 0 aromatic heterocycles. The molecule has 25 heavy (non-hydrogen) atoms. The van der Waals surface area contributed by atoms with Crippen LogP contribution >= 0.6 is 0 Å². The Morgan fingerprint density at radius 1 is 0.920 bits per heavy atom. The van der Waals surface area contributed by atoms with Gasteiger partial charge in [0, 0.05) is 6.42 Å². The molecule has 0 radical (unpaired) electrons. The van der Waals surface area contributed by atoms with Crippen molar-refractivity contribution in [1.29, 1.82) is 0 Å². The third-order valence-electron chi connectivity index (χ3n) is 3.66. The van der Waals surface area contributed by atoms with Gasteiger partial charge in [-0.2, -0.15) is 0 Å². The zero-order valence-corrected chi connectivity index (χ0v) is 14.4. The molecule has 0 saturated heterocycles. The maximum Gasteiger partial charge on any atom is 0.242 e. The predicted molar refractivity (Wildman–Crippen MR) is 94.3 cm³/mol. The lowest BCUT2D eigenvalue weighted by Crippen LogP contribution is -2.42. The number of methoxy groups -OCH3 is 2. The smallest absolute Gasteiger partial charge is 0.242 e. The highest BCUT2D eigenvalue weighted by Gasteiger charge is 2.09. The van der Waals surface area contributed by atoms with E-state index in [0.29, 0.717) is 17.9 Å². The summed E-state index contributed by atoms with van der Waals surface area (Å²) in [5.74, 6) is 0.860. The topological polar surface area (TPSA) is 76.7 Å². The number of nitrogens with one attached hydrogen (secondary N) is 2. The molecule has 2 amide bonds. The second-order valence-corrected chi connectivity index (χ2v) is 5.44. The fraction of sp³-hybridized carbons (Fsp3) is 0.263. The van der Waals surface area contributed by atoms with Crippen molar-refractivity contribution < 1.29 is 19.1 Å². The maximum atomic E-state index is 11.9. The fourth-order valence-corrected chi connectivity index (χ4v) is 2.35. The van der Waals surface area contributed by atoms with Gasteiger partial charge in [-0.15, -0.1) is 0 Å². The molecule has 0 aliphatic heterocycles. The lowest BCUT2D eigenvalue weighted by Gasteiger charge is -2.11. The third kappa shape index (κ3) is 5.84. The average molecular weight is 342 g/mol. The van der Waals surface area contributed by atoms with Crippen LogP contribution in [0.15, 0.2) is 48.5 Å². The van der Waals surface area contributed by atoms with E-state index >= 15 is 0 Å². The molecule has 2 aromatic rings. The van der Waals surface area contributed by atoms with Crippen molar-refractivity contribution in [3.63, 3.8) is 0 Å². The maximum absolute atomic E-state index is 11.9. The van der Waals surface area contributed by atoms with Gasteiger partial charge in [-0.25, -0.2) is 0 Å². The molecule has 0 saturated carbocycles. The van der Waals surface area contributed by atoms with Gasteiger partial charge in [0.1, 0.15) is 11.5 Å². The molecule has 132 valence electrons. The Morgan fingerprint density at radius 3 is 2.32 bits per heavy atom. The van der Waals surface area contributed by atoms with Crippen LogP contribution in [0.2, 0.25) is 0 Å². The van der Waals surface area contributed by atoms with Crippen LogP contribution in [0.25, 0.3) is 0 Å². The van der Waals surface area contributed by atoms with E-state index in [1.165, 1.54) is 0 Å². The van der Waals surface area contributed by atoms with Gasteiger partial charge in [-0.1, -0.05) is 30.3 Å². The molecular formula is C19H22N2O4. The number of carbonyl (C=O) groups is 2. The van der Waals surface area contributed by atoms with Gasteiger partial charge in [0.25, 0.3) is 0 Å². The van der Waals surface area contributed by atoms with Gasteiger partial charge in [0.15, 0.2) is 0 Å². The molecule has 0 fully saturated rings. The van der Waals surface area contributed by atoms with Crippen LogP contribution in [0.5, 0.6) is 11.5 Å². The molecule has 0 bridgehead atoms. The molecule has 2 rings (SSSR count). The Balaban J connectivity index is 1.80. The molecule has 0 aliphatic rings. The van der Waals surface area contributed by atoms with E-state index in [1.807, 2.05) is 36.4 Å². The number of rotatable bonds is 7. The Morgan fingerprint density at radius 2 is 1.64 bits per heavy atom. The van der Waals surface area contributed by atoms with Gasteiger partial charge < -0.3 is 9.47 Å². The van der Waals surface area contributed by atoms with Crippen molar-refractivity contribution in [3.05, 3.63) is 59.7 Å². The van der Waals surface area contributed by atoms with Gasteiger partial charge in [-0.05, 0) is 35.7 Å². The van der Waals surface area contributed by atoms with Crippen molar-refractivity contribution in [3.8, 4) is 11.5 Å². The van der Waals surface area contributed by atoms with Crippen LogP contribution in [0, 0.1) is 0 Å². The summed E-state index contributed by atoms with van der Waals surface area (Å²) in [6, 6.07) is 14.8. The number of hydrazine groups is 1. The Bertz CT molecular complexity index is 717. The average Bonchev–Trinajstić information content (AvgIpc) is 2.65. The molecule has 0 atom stereocenters. The summed E-state index contributed by atoms with van der Waals surface area (Å²) in [7, 11) is 3.16. The third-order valence-corrected chi connectivity index (χ3v) is 3.66. The zero-order chi connectivity index (χ0) is 18.1. The molecular weight excluding hydrogens is 320 g/mol. The minimum Gasteiger partial charge on any atom is -0.497 e. The van der Waals surface area contributed by atoms with Crippen molar-refractivity contribution in [2.24, 2.45) is 0 Å². The number of ether oxygens (including phenoxy) is 2. The van der Waals surface area contributed by atoms with E-state index in [9.17, 15) is 9.59 Å². The number of hydrogen-bond acceptors (Lipinski definition) is 4. The van der Waals surface area contributed by atoms with Crippen LogP contribution in [-0.4, -0.2) is 26.0 Å². The number of benzene rings is 2. The first-order valence-corrected chi connectivity index (χ1v) is 7.95. The SMILES string of the molecule is COc1ccc(OC)c(CCC(=O)NNC(=O)Cc2ccccc2)c1. The number of amides is 2. The Hall–Kier alpha value is -3.02. The van der Waals surface area contributed by atoms with Gasteiger partial charge in [0.2, 0.25) is 11.8 Å². The van der Waals surface area contributed by atoms with Crippen LogP contribution < -0.4 is 20.3 Å². The highest BCUT2D eigenvalue weighted by atomic mass is 16.5. The lowest BCUT2D eigenvalue weighted by molar-refractivity contribution is -0.128. The van der Waals surface area contributed by atoms with Crippen molar-refractivity contribution in [2.45, 2.75) is 19.3 Å². The Labute approximate surface area is 147 Å². The van der Waals surface area contributed by atoms with Crippen LogP contribution in [0.1, 0.15) is 17.5 Å². The van der Waals surface area contributed by atoms with E-state index < -0.39 is 0 Å². The monoisotopic (exact) mass is 342 g/mol. The van der Waals surface area contributed by atoms with Gasteiger partial charge >= 0.3 is 0 Å². The van der Waals surface area contributed by atoms with E-state index in [1.54, 1.807) is 26.4 Å². The molecule has 0 unspecified atom stereocenters. The summed E-state index contributed by atoms with van der Waals surface area (Å²) >= 11 is 0. The number of hydrogen-bond donors (Lipinski definition) is 2. The second kappa shape index (κ2) is 9.32. The quantitative estimate of drug-likeness (QED) is 0.755. The summed E-state index contributed by atoms with van der Waals surface area (Å²) in [5, 5.41) is 0.